The van der Waals surface area contributed by atoms with Gasteiger partial charge in [-0.2, -0.15) is 0 Å². The van der Waals surface area contributed by atoms with Gasteiger partial charge in [0, 0.05) is 12.0 Å². The fourth-order valence-electron chi connectivity index (χ4n) is 2.38. The van der Waals surface area contributed by atoms with Gasteiger partial charge in [0.2, 0.25) is 0 Å². The van der Waals surface area contributed by atoms with Crippen molar-refractivity contribution in [3.63, 3.8) is 0 Å². The number of esters is 1. The van der Waals surface area contributed by atoms with Crippen LogP contribution in [-0.4, -0.2) is 18.5 Å². The minimum Gasteiger partial charge on any atom is -0.466 e. The number of amides is 1. The van der Waals surface area contributed by atoms with Crippen LogP contribution in [0.2, 0.25) is 0 Å². The van der Waals surface area contributed by atoms with Gasteiger partial charge in [0.25, 0.3) is 5.91 Å². The fourth-order valence-corrected chi connectivity index (χ4v) is 2.38. The summed E-state index contributed by atoms with van der Waals surface area (Å²) in [6, 6.07) is 14.5. The van der Waals surface area contributed by atoms with Gasteiger partial charge in [-0.25, -0.2) is 0 Å². The Kier molecular flexibility index (Phi) is 6.37. The number of hydrogen-bond donors (Lipinski definition) is 2. The van der Waals surface area contributed by atoms with E-state index in [-0.39, 0.29) is 11.9 Å². The summed E-state index contributed by atoms with van der Waals surface area (Å²) in [5.41, 5.74) is 8.75. The molecule has 0 spiro atoms. The second kappa shape index (κ2) is 8.72. The number of carbonyl (C=O) groups excluding carboxylic acids is 2. The zero-order valence-electron chi connectivity index (χ0n) is 13.7. The standard InChI is InChI=1S/C19H22N2O3/c1-2-24-17(22)13-7-11-14-10-6-12-16(18(14)20)21-19(23)15-8-4-3-5-9-15/h3-6,8-10,12H,2,7,11,13,20H2,1H3,(H,21,23). The highest BCUT2D eigenvalue weighted by atomic mass is 16.5. The van der Waals surface area contributed by atoms with Gasteiger partial charge in [0.15, 0.2) is 0 Å². The molecular weight excluding hydrogens is 304 g/mol. The van der Waals surface area contributed by atoms with Crippen LogP contribution in [0.15, 0.2) is 48.5 Å². The summed E-state index contributed by atoms with van der Waals surface area (Å²) in [6.45, 7) is 2.18. The Morgan fingerprint density at radius 1 is 1.08 bits per heavy atom. The Bertz CT molecular complexity index is 699. The SMILES string of the molecule is CCOC(=O)CCCc1cccc(NC(=O)c2ccccc2)c1N. The minimum absolute atomic E-state index is 0.203. The molecule has 0 atom stereocenters. The van der Waals surface area contributed by atoms with Crippen molar-refractivity contribution in [1.29, 1.82) is 0 Å². The Morgan fingerprint density at radius 2 is 1.83 bits per heavy atom. The van der Waals surface area contributed by atoms with Crippen molar-refractivity contribution in [1.82, 2.24) is 0 Å². The molecular formula is C19H22N2O3. The predicted molar refractivity (Wildman–Crippen MR) is 94.8 cm³/mol. The quantitative estimate of drug-likeness (QED) is 0.603. The number of carbonyl (C=O) groups is 2. The van der Waals surface area contributed by atoms with Crippen LogP contribution in [0.4, 0.5) is 11.4 Å². The molecule has 0 heterocycles. The van der Waals surface area contributed by atoms with Crippen molar-refractivity contribution in [3.05, 3.63) is 59.7 Å². The van der Waals surface area contributed by atoms with Crippen molar-refractivity contribution >= 4 is 23.3 Å². The molecule has 0 fully saturated rings. The van der Waals surface area contributed by atoms with Crippen molar-refractivity contribution in [2.45, 2.75) is 26.2 Å². The molecule has 126 valence electrons. The molecule has 2 aromatic rings. The third kappa shape index (κ3) is 4.84. The van der Waals surface area contributed by atoms with E-state index in [1.165, 1.54) is 0 Å². The summed E-state index contributed by atoms with van der Waals surface area (Å²) in [5.74, 6) is -0.407. The maximum absolute atomic E-state index is 12.2. The van der Waals surface area contributed by atoms with Gasteiger partial charge in [-0.3, -0.25) is 9.59 Å². The molecule has 5 heteroatoms. The maximum atomic E-state index is 12.2. The molecule has 24 heavy (non-hydrogen) atoms. The summed E-state index contributed by atoms with van der Waals surface area (Å²) in [5, 5.41) is 2.83. The molecule has 0 saturated heterocycles. The van der Waals surface area contributed by atoms with E-state index < -0.39 is 0 Å². The summed E-state index contributed by atoms with van der Waals surface area (Å²) in [4.78, 5) is 23.6. The molecule has 1 amide bonds. The van der Waals surface area contributed by atoms with E-state index in [1.54, 1.807) is 25.1 Å². The van der Waals surface area contributed by atoms with Gasteiger partial charge < -0.3 is 15.8 Å². The average molecular weight is 326 g/mol. The predicted octanol–water partition coefficient (Wildman–Crippen LogP) is 3.41. The van der Waals surface area contributed by atoms with Crippen LogP contribution >= 0.6 is 0 Å². The van der Waals surface area contributed by atoms with Gasteiger partial charge in [-0.1, -0.05) is 30.3 Å². The van der Waals surface area contributed by atoms with Crippen LogP contribution in [0.1, 0.15) is 35.7 Å². The molecule has 2 aromatic carbocycles. The van der Waals surface area contributed by atoms with Gasteiger partial charge in [-0.05, 0) is 43.5 Å². The second-order valence-corrected chi connectivity index (χ2v) is 5.36. The number of para-hydroxylation sites is 1. The third-order valence-electron chi connectivity index (χ3n) is 3.61. The zero-order valence-corrected chi connectivity index (χ0v) is 13.7. The number of nitrogens with two attached hydrogens (primary N) is 1. The first-order valence-corrected chi connectivity index (χ1v) is 8.01. The smallest absolute Gasteiger partial charge is 0.305 e. The van der Waals surface area contributed by atoms with E-state index in [1.807, 2.05) is 30.3 Å². The molecule has 2 rings (SSSR count). The van der Waals surface area contributed by atoms with E-state index in [4.69, 9.17) is 10.5 Å². The number of nitrogen functional groups attached to an aromatic ring is 1. The molecule has 0 aliphatic heterocycles. The molecule has 0 radical (unpaired) electrons. The van der Waals surface area contributed by atoms with Crippen LogP contribution in [0.25, 0.3) is 0 Å². The topological polar surface area (TPSA) is 81.4 Å². The highest BCUT2D eigenvalue weighted by molar-refractivity contribution is 6.05. The van der Waals surface area contributed by atoms with E-state index in [0.29, 0.717) is 42.8 Å². The Hall–Kier alpha value is -2.82. The van der Waals surface area contributed by atoms with E-state index in [2.05, 4.69) is 5.32 Å². The first-order valence-electron chi connectivity index (χ1n) is 8.01. The Labute approximate surface area is 141 Å². The van der Waals surface area contributed by atoms with E-state index in [0.717, 1.165) is 5.56 Å². The highest BCUT2D eigenvalue weighted by Gasteiger charge is 2.10. The van der Waals surface area contributed by atoms with Crippen molar-refractivity contribution < 1.29 is 14.3 Å². The summed E-state index contributed by atoms with van der Waals surface area (Å²) in [6.07, 6.45) is 1.66. The maximum Gasteiger partial charge on any atom is 0.305 e. The molecule has 0 bridgehead atoms. The van der Waals surface area contributed by atoms with Crippen LogP contribution in [0.5, 0.6) is 0 Å². The van der Waals surface area contributed by atoms with E-state index in [9.17, 15) is 9.59 Å². The minimum atomic E-state index is -0.204. The Morgan fingerprint density at radius 3 is 2.54 bits per heavy atom. The Balaban J connectivity index is 2.00. The van der Waals surface area contributed by atoms with Gasteiger partial charge in [0.1, 0.15) is 0 Å². The molecule has 5 nitrogen and oxygen atoms in total. The number of rotatable bonds is 7. The van der Waals surface area contributed by atoms with Crippen molar-refractivity contribution in [2.75, 3.05) is 17.7 Å². The number of aryl methyl sites for hydroxylation is 1. The second-order valence-electron chi connectivity index (χ2n) is 5.36. The first-order chi connectivity index (χ1) is 11.6. The molecule has 0 aliphatic carbocycles. The molecule has 0 unspecified atom stereocenters. The average Bonchev–Trinajstić information content (AvgIpc) is 2.59. The van der Waals surface area contributed by atoms with Crippen LogP contribution in [0, 0.1) is 0 Å². The van der Waals surface area contributed by atoms with Gasteiger partial charge in [-0.15, -0.1) is 0 Å². The van der Waals surface area contributed by atoms with Gasteiger partial charge in [0.05, 0.1) is 18.0 Å². The molecule has 0 saturated carbocycles. The van der Waals surface area contributed by atoms with E-state index >= 15 is 0 Å². The zero-order chi connectivity index (χ0) is 17.4. The summed E-state index contributed by atoms with van der Waals surface area (Å²) in [7, 11) is 0. The summed E-state index contributed by atoms with van der Waals surface area (Å²) < 4.78 is 4.91. The third-order valence-corrected chi connectivity index (χ3v) is 3.61. The monoisotopic (exact) mass is 326 g/mol. The van der Waals surface area contributed by atoms with Crippen molar-refractivity contribution in [2.24, 2.45) is 0 Å². The highest BCUT2D eigenvalue weighted by Crippen LogP contribution is 2.25. The molecule has 0 aliphatic rings. The number of anilines is 2. The summed E-state index contributed by atoms with van der Waals surface area (Å²) >= 11 is 0. The number of hydrogen-bond acceptors (Lipinski definition) is 4. The lowest BCUT2D eigenvalue weighted by molar-refractivity contribution is -0.143. The molecule has 3 N–H and O–H groups in total. The number of nitrogens with one attached hydrogen (secondary N) is 1. The first kappa shape index (κ1) is 17.5. The van der Waals surface area contributed by atoms with Crippen molar-refractivity contribution in [3.8, 4) is 0 Å². The normalized spacial score (nSPS) is 10.2. The number of ether oxygens (including phenoxy) is 1. The lowest BCUT2D eigenvalue weighted by atomic mass is 10.0. The van der Waals surface area contributed by atoms with Gasteiger partial charge >= 0.3 is 5.97 Å². The fraction of sp³-hybridized carbons (Fsp3) is 0.263. The van der Waals surface area contributed by atoms with Crippen LogP contribution in [-0.2, 0) is 16.0 Å². The number of benzene rings is 2. The lowest BCUT2D eigenvalue weighted by Gasteiger charge is -2.12. The van der Waals surface area contributed by atoms with Crippen LogP contribution in [0.3, 0.4) is 0 Å². The molecule has 0 aromatic heterocycles. The van der Waals surface area contributed by atoms with Crippen LogP contribution < -0.4 is 11.1 Å². The lowest BCUT2D eigenvalue weighted by Crippen LogP contribution is -2.13. The largest absolute Gasteiger partial charge is 0.466 e.